The van der Waals surface area contributed by atoms with Crippen molar-refractivity contribution in [2.24, 2.45) is 0 Å². The van der Waals surface area contributed by atoms with Crippen molar-refractivity contribution in [2.75, 3.05) is 19.3 Å². The molecule has 0 spiro atoms. The molecule has 0 aromatic carbocycles. The highest BCUT2D eigenvalue weighted by Gasteiger charge is 2.08. The molecule has 0 bridgehead atoms. The molecule has 2 nitrogen and oxygen atoms in total. The summed E-state index contributed by atoms with van der Waals surface area (Å²) >= 11 is 0. The predicted octanol–water partition coefficient (Wildman–Crippen LogP) is 0.542. The topological polar surface area (TPSA) is 20.3 Å². The molecule has 9 heavy (non-hydrogen) atoms. The first kappa shape index (κ1) is 6.81. The Morgan fingerprint density at radius 3 is 2.89 bits per heavy atom. The van der Waals surface area contributed by atoms with E-state index in [9.17, 15) is 4.21 Å². The molecule has 0 saturated carbocycles. The normalized spacial score (nSPS) is 28.0. The second kappa shape index (κ2) is 2.52. The van der Waals surface area contributed by atoms with Gasteiger partial charge in [-0.25, -0.2) is 0 Å². The number of hydrogen-bond donors (Lipinski definition) is 0. The summed E-state index contributed by atoms with van der Waals surface area (Å²) in [6.07, 6.45) is 0. The van der Waals surface area contributed by atoms with Crippen LogP contribution in [0.2, 0.25) is 0 Å². The maximum absolute atomic E-state index is 10.8. The zero-order chi connectivity index (χ0) is 6.85. The van der Waals surface area contributed by atoms with Crippen molar-refractivity contribution < 1.29 is 4.21 Å². The van der Waals surface area contributed by atoms with E-state index in [1.165, 1.54) is 0 Å². The summed E-state index contributed by atoms with van der Waals surface area (Å²) in [6, 6.07) is 0. The van der Waals surface area contributed by atoms with Gasteiger partial charge in [-0.2, -0.15) is 0 Å². The lowest BCUT2D eigenvalue weighted by Gasteiger charge is -2.22. The van der Waals surface area contributed by atoms with E-state index in [2.05, 4.69) is 4.90 Å². The molecule has 0 aromatic rings. The van der Waals surface area contributed by atoms with Crippen LogP contribution in [0.15, 0.2) is 11.1 Å². The van der Waals surface area contributed by atoms with Crippen LogP contribution in [0.25, 0.3) is 0 Å². The fourth-order valence-electron chi connectivity index (χ4n) is 0.742. The van der Waals surface area contributed by atoms with Crippen LogP contribution in [-0.2, 0) is 10.8 Å². The molecule has 0 radical (unpaired) electrons. The highest BCUT2D eigenvalue weighted by molar-refractivity contribution is 7.88. The Morgan fingerprint density at radius 1 is 1.78 bits per heavy atom. The first-order valence-electron chi connectivity index (χ1n) is 2.97. The summed E-state index contributed by atoms with van der Waals surface area (Å²) in [5.74, 6) is 0.786. The van der Waals surface area contributed by atoms with E-state index < -0.39 is 10.8 Å². The molecule has 1 rings (SSSR count). The number of allylic oxidation sites excluding steroid dienone is 1. The maximum Gasteiger partial charge on any atom is 0.0491 e. The first-order chi connectivity index (χ1) is 4.20. The van der Waals surface area contributed by atoms with Gasteiger partial charge < -0.3 is 4.90 Å². The van der Waals surface area contributed by atoms with E-state index in [1.54, 1.807) is 0 Å². The fourth-order valence-corrected chi connectivity index (χ4v) is 1.87. The predicted molar refractivity (Wildman–Crippen MR) is 39.4 cm³/mol. The van der Waals surface area contributed by atoms with Gasteiger partial charge in [-0.1, -0.05) is 0 Å². The van der Waals surface area contributed by atoms with E-state index in [0.29, 0.717) is 0 Å². The Kier molecular flexibility index (Phi) is 1.90. The van der Waals surface area contributed by atoms with Gasteiger partial charge in [0.25, 0.3) is 0 Å². The van der Waals surface area contributed by atoms with Crippen LogP contribution in [0.5, 0.6) is 0 Å². The van der Waals surface area contributed by atoms with Crippen LogP contribution in [0.3, 0.4) is 0 Å². The van der Waals surface area contributed by atoms with Gasteiger partial charge in [0.15, 0.2) is 0 Å². The summed E-state index contributed by atoms with van der Waals surface area (Å²) in [7, 11) is 1.32. The minimum absolute atomic E-state index is 0.695. The zero-order valence-corrected chi connectivity index (χ0v) is 6.57. The van der Waals surface area contributed by atoms with Crippen LogP contribution in [0, 0.1) is 0 Å². The van der Waals surface area contributed by atoms with Crippen LogP contribution >= 0.6 is 0 Å². The lowest BCUT2D eigenvalue weighted by Crippen LogP contribution is -2.26. The van der Waals surface area contributed by atoms with E-state index in [0.717, 1.165) is 18.0 Å². The lowest BCUT2D eigenvalue weighted by molar-refractivity contribution is 0.441. The lowest BCUT2D eigenvalue weighted by atomic mass is 10.5. The Bertz CT molecular complexity index is 164. The molecule has 3 heteroatoms. The molecule has 0 N–H and O–H groups in total. The van der Waals surface area contributed by atoms with Crippen molar-refractivity contribution in [3.63, 3.8) is 0 Å². The van der Waals surface area contributed by atoms with E-state index in [4.69, 9.17) is 0 Å². The van der Waals surface area contributed by atoms with Crippen molar-refractivity contribution in [1.82, 2.24) is 4.90 Å². The SMILES string of the molecule is CC1=CS(=O)CCN1C. The average molecular weight is 145 g/mol. The van der Waals surface area contributed by atoms with Crippen molar-refractivity contribution in [1.29, 1.82) is 0 Å². The molecule has 0 aromatic heterocycles. The van der Waals surface area contributed by atoms with Gasteiger partial charge in [0.2, 0.25) is 0 Å². The molecular weight excluding hydrogens is 134 g/mol. The van der Waals surface area contributed by atoms with Gasteiger partial charge in [-0.3, -0.25) is 4.21 Å². The van der Waals surface area contributed by atoms with Crippen molar-refractivity contribution in [2.45, 2.75) is 6.92 Å². The monoisotopic (exact) mass is 145 g/mol. The molecule has 1 aliphatic heterocycles. The van der Waals surface area contributed by atoms with Crippen molar-refractivity contribution in [3.8, 4) is 0 Å². The quantitative estimate of drug-likeness (QED) is 0.496. The largest absolute Gasteiger partial charge is 0.377 e. The molecular formula is C6H11NOS. The number of hydrogen-bond acceptors (Lipinski definition) is 2. The van der Waals surface area contributed by atoms with E-state index >= 15 is 0 Å². The molecule has 0 fully saturated rings. The molecule has 1 atom stereocenters. The molecule has 0 aliphatic carbocycles. The summed E-state index contributed by atoms with van der Waals surface area (Å²) in [6.45, 7) is 2.91. The molecule has 0 saturated heterocycles. The highest BCUT2D eigenvalue weighted by Crippen LogP contribution is 2.07. The van der Waals surface area contributed by atoms with Gasteiger partial charge in [-0.05, 0) is 6.92 Å². The van der Waals surface area contributed by atoms with Crippen molar-refractivity contribution in [3.05, 3.63) is 11.1 Å². The van der Waals surface area contributed by atoms with Gasteiger partial charge in [-0.15, -0.1) is 0 Å². The minimum Gasteiger partial charge on any atom is -0.377 e. The highest BCUT2D eigenvalue weighted by atomic mass is 32.2. The third-order valence-electron chi connectivity index (χ3n) is 1.53. The summed E-state index contributed by atoms with van der Waals surface area (Å²) < 4.78 is 10.8. The number of nitrogens with zero attached hydrogens (tertiary/aromatic N) is 1. The molecule has 52 valence electrons. The van der Waals surface area contributed by atoms with Crippen LogP contribution < -0.4 is 0 Å². The first-order valence-corrected chi connectivity index (χ1v) is 4.35. The average Bonchev–Trinajstić information content (AvgIpc) is 1.80. The molecule has 1 aliphatic rings. The van der Waals surface area contributed by atoms with Gasteiger partial charge in [0, 0.05) is 41.2 Å². The summed E-state index contributed by atoms with van der Waals surface area (Å²) in [5.41, 5.74) is 1.12. The third-order valence-corrected chi connectivity index (χ3v) is 2.72. The maximum atomic E-state index is 10.8. The Labute approximate surface area is 58.0 Å². The van der Waals surface area contributed by atoms with Crippen LogP contribution in [-0.4, -0.2) is 28.5 Å². The van der Waals surface area contributed by atoms with Crippen LogP contribution in [0.1, 0.15) is 6.92 Å². The third kappa shape index (κ3) is 1.55. The fraction of sp³-hybridized carbons (Fsp3) is 0.667. The molecule has 1 heterocycles. The molecule has 1 unspecified atom stereocenters. The molecule has 0 amide bonds. The van der Waals surface area contributed by atoms with E-state index in [-0.39, 0.29) is 0 Å². The second-order valence-corrected chi connectivity index (χ2v) is 3.67. The smallest absolute Gasteiger partial charge is 0.0491 e. The summed E-state index contributed by atoms with van der Waals surface area (Å²) in [5, 5.41) is 1.81. The Balaban J connectivity index is 2.72. The van der Waals surface area contributed by atoms with Gasteiger partial charge >= 0.3 is 0 Å². The Hall–Kier alpha value is -0.310. The van der Waals surface area contributed by atoms with Gasteiger partial charge in [0.05, 0.1) is 0 Å². The standard InChI is InChI=1S/C6H11NOS/c1-6-5-9(8)4-3-7(6)2/h5H,3-4H2,1-2H3. The minimum atomic E-state index is -0.695. The summed E-state index contributed by atoms with van der Waals surface area (Å²) in [4.78, 5) is 2.11. The van der Waals surface area contributed by atoms with E-state index in [1.807, 2.05) is 19.4 Å². The van der Waals surface area contributed by atoms with Crippen LogP contribution in [0.4, 0.5) is 0 Å². The second-order valence-electron chi connectivity index (χ2n) is 2.27. The number of rotatable bonds is 0. The zero-order valence-electron chi connectivity index (χ0n) is 5.76. The van der Waals surface area contributed by atoms with Gasteiger partial charge in [0.1, 0.15) is 0 Å². The Morgan fingerprint density at radius 2 is 2.44 bits per heavy atom. The van der Waals surface area contributed by atoms with Crippen molar-refractivity contribution >= 4 is 10.8 Å².